The van der Waals surface area contributed by atoms with E-state index in [-0.39, 0.29) is 44.3 Å². The molecule has 1 rings (SSSR count). The van der Waals surface area contributed by atoms with Crippen molar-refractivity contribution in [2.75, 3.05) is 46.0 Å². The summed E-state index contributed by atoms with van der Waals surface area (Å²) >= 11 is 0.197. The summed E-state index contributed by atoms with van der Waals surface area (Å²) in [4.78, 5) is 0. The van der Waals surface area contributed by atoms with E-state index < -0.39 is 0 Å². The van der Waals surface area contributed by atoms with Gasteiger partial charge in [-0.15, -0.1) is 0 Å². The molecule has 4 nitrogen and oxygen atoms in total. The van der Waals surface area contributed by atoms with Crippen molar-refractivity contribution in [3.05, 3.63) is 0 Å². The fraction of sp³-hybridized carbons (Fsp3) is 1.00. The third-order valence-corrected chi connectivity index (χ3v) is 9.52. The van der Waals surface area contributed by atoms with Crippen molar-refractivity contribution in [2.45, 2.75) is 12.8 Å². The molecule has 0 aromatic rings. The van der Waals surface area contributed by atoms with Gasteiger partial charge in [0.25, 0.3) is 0 Å². The zero-order valence-electron chi connectivity index (χ0n) is 11.0. The molecule has 0 amide bonds. The maximum atomic E-state index is 6.13. The van der Waals surface area contributed by atoms with Gasteiger partial charge in [0.2, 0.25) is 0 Å². The lowest BCUT2D eigenvalue weighted by molar-refractivity contribution is 1.09. The quantitative estimate of drug-likeness (QED) is 0.416. The first-order chi connectivity index (χ1) is 8.58. The Morgan fingerprint density at radius 3 is 0.833 bits per heavy atom. The summed E-state index contributed by atoms with van der Waals surface area (Å²) in [7, 11) is 0. The molecular formula is C10H28N4S4+4. The predicted octanol–water partition coefficient (Wildman–Crippen LogP) is -1.25. The van der Waals surface area contributed by atoms with E-state index in [1.165, 1.54) is 0 Å². The number of hydrogen-bond donors (Lipinski definition) is 4. The molecule has 1 aliphatic rings. The van der Waals surface area contributed by atoms with Gasteiger partial charge in [-0.3, -0.25) is 0 Å². The zero-order chi connectivity index (χ0) is 13.4. The molecule has 1 saturated heterocycles. The van der Waals surface area contributed by atoms with Gasteiger partial charge in [0.05, 0.1) is 44.3 Å². The van der Waals surface area contributed by atoms with Gasteiger partial charge in [-0.05, 0) is 0 Å². The van der Waals surface area contributed by atoms with E-state index in [4.69, 9.17) is 20.6 Å². The molecule has 0 bridgehead atoms. The Balaban J connectivity index is 2.36. The van der Waals surface area contributed by atoms with Crippen LogP contribution < -0.4 is 20.6 Å². The molecule has 0 aromatic carbocycles. The molecule has 1 heterocycles. The van der Waals surface area contributed by atoms with E-state index in [2.05, 4.69) is 0 Å². The number of nitrogens with two attached hydrogens (primary N) is 4. The molecule has 0 spiro atoms. The number of rotatable bonds is 0. The normalized spacial score (nSPS) is 38.0. The first-order valence-electron chi connectivity index (χ1n) is 6.25. The largest absolute Gasteiger partial charge is 0.173 e. The van der Waals surface area contributed by atoms with E-state index in [1.54, 1.807) is 0 Å². The Morgan fingerprint density at radius 2 is 0.611 bits per heavy atom. The van der Waals surface area contributed by atoms with Crippen LogP contribution in [0, 0.1) is 0 Å². The van der Waals surface area contributed by atoms with E-state index in [0.717, 1.165) is 58.9 Å². The molecule has 1 aliphatic heterocycles. The van der Waals surface area contributed by atoms with E-state index in [9.17, 15) is 0 Å². The fourth-order valence-corrected chi connectivity index (χ4v) is 8.36. The summed E-state index contributed by atoms with van der Waals surface area (Å²) in [6.07, 6.45) is 2.33. The van der Waals surface area contributed by atoms with Crippen LogP contribution in [0.3, 0.4) is 0 Å². The minimum absolute atomic E-state index is 0.0494. The third kappa shape index (κ3) is 8.42. The van der Waals surface area contributed by atoms with Crippen LogP contribution in [0.5, 0.6) is 0 Å². The minimum atomic E-state index is 0.0494. The Hall–Kier alpha value is 1.24. The lowest BCUT2D eigenvalue weighted by Crippen LogP contribution is -2.36. The van der Waals surface area contributed by atoms with Crippen LogP contribution in [-0.2, 0) is 44.3 Å². The lowest BCUT2D eigenvalue weighted by Gasteiger charge is -2.06. The summed E-state index contributed by atoms with van der Waals surface area (Å²) < 4.78 is 0. The van der Waals surface area contributed by atoms with Gasteiger partial charge in [-0.1, -0.05) is 0 Å². The summed E-state index contributed by atoms with van der Waals surface area (Å²) in [6.45, 7) is 0. The summed E-state index contributed by atoms with van der Waals surface area (Å²) in [5, 5.41) is 24.5. The first kappa shape index (κ1) is 17.3. The van der Waals surface area contributed by atoms with Crippen molar-refractivity contribution in [1.82, 2.24) is 0 Å². The van der Waals surface area contributed by atoms with Gasteiger partial charge in [0.1, 0.15) is 23.0 Å². The Kier molecular flexibility index (Phi) is 9.64. The molecule has 0 saturated carbocycles. The molecule has 4 atom stereocenters. The highest BCUT2D eigenvalue weighted by atomic mass is 32.2. The van der Waals surface area contributed by atoms with Crippen molar-refractivity contribution in [3.63, 3.8) is 0 Å². The molecule has 18 heavy (non-hydrogen) atoms. The Bertz CT molecular complexity index is 180. The number of hydrogen-bond acceptors (Lipinski definition) is 4. The molecule has 0 aliphatic carbocycles. The molecule has 0 radical (unpaired) electrons. The molecule has 1 fully saturated rings. The topological polar surface area (TPSA) is 104 Å². The van der Waals surface area contributed by atoms with Gasteiger partial charge in [-0.25, -0.2) is 0 Å². The average Bonchev–Trinajstić information content (AvgIpc) is 2.33. The maximum absolute atomic E-state index is 6.13. The summed E-state index contributed by atoms with van der Waals surface area (Å²) in [5.74, 6) is 8.83. The second kappa shape index (κ2) is 10.0. The second-order valence-corrected chi connectivity index (χ2v) is 12.1. The highest BCUT2D eigenvalue weighted by Crippen LogP contribution is 2.03. The van der Waals surface area contributed by atoms with E-state index in [0.29, 0.717) is 0 Å². The predicted molar refractivity (Wildman–Crippen MR) is 94.4 cm³/mol. The molecule has 8 heteroatoms. The van der Waals surface area contributed by atoms with Crippen molar-refractivity contribution in [2.24, 2.45) is 20.6 Å². The van der Waals surface area contributed by atoms with Crippen LogP contribution in [0.1, 0.15) is 12.8 Å². The van der Waals surface area contributed by atoms with E-state index >= 15 is 0 Å². The average molecular weight is 333 g/mol. The molecular weight excluding hydrogens is 304 g/mol. The monoisotopic (exact) mass is 332 g/mol. The van der Waals surface area contributed by atoms with Crippen LogP contribution in [0.4, 0.5) is 0 Å². The molecule has 8 N–H and O–H groups in total. The van der Waals surface area contributed by atoms with Crippen molar-refractivity contribution < 1.29 is 0 Å². The molecule has 0 aromatic heterocycles. The van der Waals surface area contributed by atoms with Crippen LogP contribution >= 0.6 is 0 Å². The zero-order valence-corrected chi connectivity index (χ0v) is 14.3. The fourth-order valence-electron chi connectivity index (χ4n) is 1.70. The van der Waals surface area contributed by atoms with Crippen molar-refractivity contribution >= 4 is 44.3 Å². The first-order valence-corrected chi connectivity index (χ1v) is 12.8. The lowest BCUT2D eigenvalue weighted by atomic mass is 10.6. The maximum Gasteiger partial charge on any atom is 0.173 e. The van der Waals surface area contributed by atoms with Crippen LogP contribution in [-0.4, -0.2) is 46.0 Å². The highest BCUT2D eigenvalue weighted by Gasteiger charge is 2.26. The van der Waals surface area contributed by atoms with Crippen molar-refractivity contribution in [3.8, 4) is 0 Å². The smallest absolute Gasteiger partial charge is 0.151 e. The Morgan fingerprint density at radius 1 is 0.389 bits per heavy atom. The van der Waals surface area contributed by atoms with Crippen LogP contribution in [0.2, 0.25) is 0 Å². The SMILES string of the molecule is N[S+]1CCC[S+](N)CC[S+](N)CCC[S+](N)CC1. The minimum Gasteiger partial charge on any atom is -0.151 e. The van der Waals surface area contributed by atoms with Gasteiger partial charge in [0.15, 0.2) is 23.0 Å². The van der Waals surface area contributed by atoms with Crippen LogP contribution in [0.25, 0.3) is 0 Å². The van der Waals surface area contributed by atoms with Crippen molar-refractivity contribution in [1.29, 1.82) is 0 Å². The second-order valence-electron chi connectivity index (χ2n) is 4.49. The van der Waals surface area contributed by atoms with E-state index in [1.807, 2.05) is 0 Å². The van der Waals surface area contributed by atoms with Gasteiger partial charge < -0.3 is 0 Å². The van der Waals surface area contributed by atoms with Gasteiger partial charge in [0, 0.05) is 12.8 Å². The molecule has 108 valence electrons. The summed E-state index contributed by atoms with van der Waals surface area (Å²) in [6, 6.07) is 0. The third-order valence-electron chi connectivity index (χ3n) is 2.84. The molecule has 4 unspecified atom stereocenters. The highest BCUT2D eigenvalue weighted by molar-refractivity contribution is 7.99. The Labute approximate surface area is 123 Å². The summed E-state index contributed by atoms with van der Waals surface area (Å²) in [5.41, 5.74) is 0. The van der Waals surface area contributed by atoms with Gasteiger partial charge >= 0.3 is 0 Å². The van der Waals surface area contributed by atoms with Crippen LogP contribution in [0.15, 0.2) is 0 Å². The standard InChI is InChI=1S/C10H28N4S4/c11-15-3-1-4-16(12)8-10-18(14)6-2-5-17(13)9-7-15/h1-14H2/q+4. The van der Waals surface area contributed by atoms with Gasteiger partial charge in [-0.2, -0.15) is 20.6 Å².